The second kappa shape index (κ2) is 7.04. The van der Waals surface area contributed by atoms with Crippen LogP contribution >= 0.6 is 11.6 Å². The second-order valence-corrected chi connectivity index (χ2v) is 5.20. The summed E-state index contributed by atoms with van der Waals surface area (Å²) in [5.41, 5.74) is 0. The summed E-state index contributed by atoms with van der Waals surface area (Å²) in [4.78, 5) is 0. The fourth-order valence-corrected chi connectivity index (χ4v) is 2.63. The van der Waals surface area contributed by atoms with Gasteiger partial charge in [0.15, 0.2) is 0 Å². The van der Waals surface area contributed by atoms with Crippen molar-refractivity contribution in [3.8, 4) is 6.07 Å². The molecule has 0 aromatic carbocycles. The molecule has 0 saturated heterocycles. The van der Waals surface area contributed by atoms with Crippen molar-refractivity contribution in [2.24, 2.45) is 0 Å². The molecule has 0 rings (SSSR count). The lowest BCUT2D eigenvalue weighted by molar-refractivity contribution is 0.542. The lowest BCUT2D eigenvalue weighted by Crippen LogP contribution is -2.35. The van der Waals surface area contributed by atoms with E-state index in [9.17, 15) is 8.42 Å². The first kappa shape index (κ1) is 13.7. The van der Waals surface area contributed by atoms with E-state index in [2.05, 4.69) is 4.72 Å². The summed E-state index contributed by atoms with van der Waals surface area (Å²) in [6.07, 6.45) is 1.25. The highest BCUT2D eigenvalue weighted by Gasteiger charge is 2.15. The predicted molar refractivity (Wildman–Crippen MR) is 56.6 cm³/mol. The van der Waals surface area contributed by atoms with Gasteiger partial charge in [-0.05, 0) is 12.8 Å². The average molecular weight is 239 g/mol. The molecule has 0 amide bonds. The van der Waals surface area contributed by atoms with Crippen LogP contribution < -0.4 is 4.72 Å². The Hall–Kier alpha value is -0.310. The van der Waals surface area contributed by atoms with Crippen LogP contribution in [0.5, 0.6) is 0 Å². The Labute approximate surface area is 90.3 Å². The van der Waals surface area contributed by atoms with Gasteiger partial charge in [-0.25, -0.2) is 13.1 Å². The van der Waals surface area contributed by atoms with Gasteiger partial charge in [-0.3, -0.25) is 0 Å². The van der Waals surface area contributed by atoms with Gasteiger partial charge in [0.1, 0.15) is 0 Å². The normalized spacial score (nSPS) is 13.5. The van der Waals surface area contributed by atoms with Crippen molar-refractivity contribution in [1.82, 2.24) is 4.72 Å². The molecule has 0 aliphatic rings. The molecule has 1 N–H and O–H groups in total. The van der Waals surface area contributed by atoms with Gasteiger partial charge in [0, 0.05) is 11.9 Å². The first-order chi connectivity index (χ1) is 6.55. The third-order valence-electron chi connectivity index (χ3n) is 1.72. The fourth-order valence-electron chi connectivity index (χ4n) is 0.937. The lowest BCUT2D eigenvalue weighted by atomic mass is 10.2. The molecule has 0 aromatic heterocycles. The van der Waals surface area contributed by atoms with E-state index in [0.29, 0.717) is 18.7 Å². The van der Waals surface area contributed by atoms with Gasteiger partial charge in [-0.2, -0.15) is 5.26 Å². The minimum absolute atomic E-state index is 0.0262. The lowest BCUT2D eigenvalue weighted by Gasteiger charge is -2.13. The van der Waals surface area contributed by atoms with Crippen molar-refractivity contribution in [1.29, 1.82) is 5.26 Å². The predicted octanol–water partition coefficient (Wildman–Crippen LogP) is 1.23. The van der Waals surface area contributed by atoms with Crippen LogP contribution in [0.3, 0.4) is 0 Å². The number of alkyl halides is 1. The summed E-state index contributed by atoms with van der Waals surface area (Å²) in [6, 6.07) is 1.67. The molecule has 0 aromatic rings. The molecule has 0 spiro atoms. The van der Waals surface area contributed by atoms with Crippen molar-refractivity contribution in [2.75, 3.05) is 11.6 Å². The second-order valence-electron chi connectivity index (χ2n) is 2.95. The quantitative estimate of drug-likeness (QED) is 0.679. The standard InChI is InChI=1S/C8H15ClN2O2S/c1-2-8(4-6-10)11-14(12,13)7-3-5-9/h8,11H,2-5,7H2,1H3. The number of nitriles is 1. The van der Waals surface area contributed by atoms with Crippen molar-refractivity contribution in [2.45, 2.75) is 32.2 Å². The number of halogens is 1. The molecule has 0 bridgehead atoms. The summed E-state index contributed by atoms with van der Waals surface area (Å²) in [5.74, 6) is 0.356. The molecular weight excluding hydrogens is 224 g/mol. The van der Waals surface area contributed by atoms with Crippen LogP contribution in [0.1, 0.15) is 26.2 Å². The largest absolute Gasteiger partial charge is 0.212 e. The van der Waals surface area contributed by atoms with E-state index in [1.807, 2.05) is 13.0 Å². The van der Waals surface area contributed by atoms with E-state index in [4.69, 9.17) is 16.9 Å². The summed E-state index contributed by atoms with van der Waals surface area (Å²) < 4.78 is 25.2. The van der Waals surface area contributed by atoms with E-state index in [0.717, 1.165) is 0 Å². The third kappa shape index (κ3) is 6.19. The smallest absolute Gasteiger partial charge is 0.211 e. The first-order valence-electron chi connectivity index (χ1n) is 4.48. The maximum Gasteiger partial charge on any atom is 0.211 e. The zero-order valence-corrected chi connectivity index (χ0v) is 9.74. The molecule has 1 atom stereocenters. The summed E-state index contributed by atoms with van der Waals surface area (Å²) in [7, 11) is -3.26. The Morgan fingerprint density at radius 2 is 2.21 bits per heavy atom. The van der Waals surface area contributed by atoms with Crippen molar-refractivity contribution >= 4 is 21.6 Å². The SMILES string of the molecule is CCC(CC#N)NS(=O)(=O)CCCCl. The van der Waals surface area contributed by atoms with Crippen molar-refractivity contribution in [3.63, 3.8) is 0 Å². The van der Waals surface area contributed by atoms with Crippen LogP contribution in [0.4, 0.5) is 0 Å². The van der Waals surface area contributed by atoms with E-state index in [1.165, 1.54) is 0 Å². The highest BCUT2D eigenvalue weighted by molar-refractivity contribution is 7.89. The molecule has 0 radical (unpaired) electrons. The zero-order chi connectivity index (χ0) is 11.0. The molecule has 0 heterocycles. The molecule has 82 valence electrons. The van der Waals surface area contributed by atoms with Gasteiger partial charge in [0.05, 0.1) is 18.2 Å². The Morgan fingerprint density at radius 1 is 1.57 bits per heavy atom. The molecular formula is C8H15ClN2O2S. The minimum atomic E-state index is -3.26. The molecule has 0 aliphatic carbocycles. The van der Waals surface area contributed by atoms with Gasteiger partial charge in [-0.1, -0.05) is 6.92 Å². The van der Waals surface area contributed by atoms with Gasteiger partial charge < -0.3 is 0 Å². The molecule has 1 unspecified atom stereocenters. The van der Waals surface area contributed by atoms with Gasteiger partial charge in [0.25, 0.3) is 0 Å². The van der Waals surface area contributed by atoms with Crippen LogP contribution in [-0.2, 0) is 10.0 Å². The first-order valence-corrected chi connectivity index (χ1v) is 6.67. The molecule has 0 saturated carbocycles. The summed E-state index contributed by atoms with van der Waals surface area (Å²) in [5, 5.41) is 8.43. The maximum absolute atomic E-state index is 11.4. The number of hydrogen-bond donors (Lipinski definition) is 1. The Kier molecular flexibility index (Phi) is 6.89. The molecule has 14 heavy (non-hydrogen) atoms. The molecule has 6 heteroatoms. The van der Waals surface area contributed by atoms with Crippen LogP contribution in [0.2, 0.25) is 0 Å². The van der Waals surface area contributed by atoms with Crippen LogP contribution in [-0.4, -0.2) is 26.1 Å². The number of sulfonamides is 1. The highest BCUT2D eigenvalue weighted by atomic mass is 35.5. The topological polar surface area (TPSA) is 70.0 Å². The van der Waals surface area contributed by atoms with Crippen LogP contribution in [0, 0.1) is 11.3 Å². The van der Waals surface area contributed by atoms with Gasteiger partial charge in [0.2, 0.25) is 10.0 Å². The third-order valence-corrected chi connectivity index (χ3v) is 3.51. The van der Waals surface area contributed by atoms with Crippen LogP contribution in [0.25, 0.3) is 0 Å². The van der Waals surface area contributed by atoms with Crippen molar-refractivity contribution < 1.29 is 8.42 Å². The van der Waals surface area contributed by atoms with Gasteiger partial charge >= 0.3 is 0 Å². The average Bonchev–Trinajstić information content (AvgIpc) is 2.14. The monoisotopic (exact) mass is 238 g/mol. The Balaban J connectivity index is 4.12. The maximum atomic E-state index is 11.4. The molecule has 4 nitrogen and oxygen atoms in total. The van der Waals surface area contributed by atoms with Crippen molar-refractivity contribution in [3.05, 3.63) is 0 Å². The summed E-state index contributed by atoms with van der Waals surface area (Å²) in [6.45, 7) is 1.84. The molecule has 0 aliphatic heterocycles. The van der Waals surface area contributed by atoms with E-state index >= 15 is 0 Å². The van der Waals surface area contributed by atoms with Gasteiger partial charge in [-0.15, -0.1) is 11.6 Å². The summed E-state index contributed by atoms with van der Waals surface area (Å²) >= 11 is 5.39. The van der Waals surface area contributed by atoms with Crippen LogP contribution in [0.15, 0.2) is 0 Å². The Morgan fingerprint density at radius 3 is 2.64 bits per heavy atom. The number of nitrogens with zero attached hydrogens (tertiary/aromatic N) is 1. The fraction of sp³-hybridized carbons (Fsp3) is 0.875. The minimum Gasteiger partial charge on any atom is -0.212 e. The zero-order valence-electron chi connectivity index (χ0n) is 8.16. The molecule has 0 fully saturated rings. The van der Waals surface area contributed by atoms with E-state index in [1.54, 1.807) is 0 Å². The van der Waals surface area contributed by atoms with E-state index < -0.39 is 10.0 Å². The number of rotatable bonds is 7. The number of nitrogens with one attached hydrogen (secondary N) is 1. The highest BCUT2D eigenvalue weighted by Crippen LogP contribution is 2.00. The number of hydrogen-bond acceptors (Lipinski definition) is 3. The van der Waals surface area contributed by atoms with E-state index in [-0.39, 0.29) is 18.2 Å². The Bertz CT molecular complexity index is 284.